The van der Waals surface area contributed by atoms with E-state index in [1.165, 1.54) is 0 Å². The van der Waals surface area contributed by atoms with E-state index in [1.54, 1.807) is 13.2 Å². The number of nitrogens with zero attached hydrogens (tertiary/aromatic N) is 1. The van der Waals surface area contributed by atoms with Gasteiger partial charge in [-0.2, -0.15) is 0 Å². The minimum Gasteiger partial charge on any atom is -0.355 e. The highest BCUT2D eigenvalue weighted by atomic mass is 16.1. The van der Waals surface area contributed by atoms with E-state index in [1.807, 2.05) is 42.5 Å². The van der Waals surface area contributed by atoms with Crippen molar-refractivity contribution < 1.29 is 4.79 Å². The number of amides is 1. The third kappa shape index (κ3) is 3.65. The van der Waals surface area contributed by atoms with E-state index in [-0.39, 0.29) is 11.9 Å². The van der Waals surface area contributed by atoms with Gasteiger partial charge in [0.05, 0.1) is 5.69 Å². The van der Waals surface area contributed by atoms with Crippen LogP contribution in [0.4, 0.5) is 0 Å². The second-order valence-corrected chi connectivity index (χ2v) is 4.63. The Bertz CT molecular complexity index is 552. The molecule has 0 bridgehead atoms. The predicted octanol–water partition coefficient (Wildman–Crippen LogP) is 2.29. The quantitative estimate of drug-likeness (QED) is 0.875. The lowest BCUT2D eigenvalue weighted by Crippen LogP contribution is -2.20. The summed E-state index contributed by atoms with van der Waals surface area (Å²) in [4.78, 5) is 15.8. The Balaban J connectivity index is 1.93. The zero-order valence-electron chi connectivity index (χ0n) is 11.8. The fourth-order valence-electron chi connectivity index (χ4n) is 1.93. The average molecular weight is 269 g/mol. The van der Waals surface area contributed by atoms with Crippen LogP contribution in [0.3, 0.4) is 0 Å². The number of pyridine rings is 1. The molecule has 1 amide bonds. The fraction of sp³-hybridized carbons (Fsp3) is 0.250. The summed E-state index contributed by atoms with van der Waals surface area (Å²) in [5.41, 5.74) is 2.84. The van der Waals surface area contributed by atoms with Crippen molar-refractivity contribution in [2.45, 2.75) is 19.5 Å². The second kappa shape index (κ2) is 6.82. The van der Waals surface area contributed by atoms with Crippen LogP contribution in [-0.2, 0) is 6.54 Å². The maximum Gasteiger partial charge on any atom is 0.251 e. The highest BCUT2D eigenvalue weighted by molar-refractivity contribution is 5.93. The first-order chi connectivity index (χ1) is 9.70. The maximum atomic E-state index is 11.4. The maximum absolute atomic E-state index is 11.4. The molecule has 4 heteroatoms. The summed E-state index contributed by atoms with van der Waals surface area (Å²) in [6.07, 6.45) is 1.80. The molecule has 0 saturated carbocycles. The van der Waals surface area contributed by atoms with Gasteiger partial charge >= 0.3 is 0 Å². The van der Waals surface area contributed by atoms with Crippen molar-refractivity contribution in [3.05, 3.63) is 65.5 Å². The van der Waals surface area contributed by atoms with Crippen LogP contribution in [0.5, 0.6) is 0 Å². The van der Waals surface area contributed by atoms with Crippen molar-refractivity contribution in [3.8, 4) is 0 Å². The van der Waals surface area contributed by atoms with Crippen molar-refractivity contribution in [1.29, 1.82) is 0 Å². The molecule has 0 aliphatic carbocycles. The minimum atomic E-state index is -0.0636. The van der Waals surface area contributed by atoms with Gasteiger partial charge in [0, 0.05) is 31.4 Å². The van der Waals surface area contributed by atoms with Gasteiger partial charge in [0.25, 0.3) is 5.91 Å². The number of carbonyl (C=O) groups excluding carboxylic acids is 1. The van der Waals surface area contributed by atoms with Gasteiger partial charge in [0.2, 0.25) is 0 Å². The Morgan fingerprint density at radius 1 is 1.20 bits per heavy atom. The molecule has 2 rings (SSSR count). The van der Waals surface area contributed by atoms with Gasteiger partial charge < -0.3 is 10.6 Å². The van der Waals surface area contributed by atoms with Crippen molar-refractivity contribution >= 4 is 5.91 Å². The summed E-state index contributed by atoms with van der Waals surface area (Å²) >= 11 is 0. The van der Waals surface area contributed by atoms with E-state index >= 15 is 0 Å². The standard InChI is InChI=1S/C16H19N3O/c1-12(15-5-3-4-10-18-15)19-11-13-6-8-14(9-7-13)16(20)17-2/h3-10,12,19H,11H2,1-2H3,(H,17,20)/t12-/m1/s1. The topological polar surface area (TPSA) is 54.0 Å². The first kappa shape index (κ1) is 14.2. The first-order valence-corrected chi connectivity index (χ1v) is 6.66. The van der Waals surface area contributed by atoms with Crippen LogP contribution in [0.2, 0.25) is 0 Å². The summed E-state index contributed by atoms with van der Waals surface area (Å²) < 4.78 is 0. The molecule has 0 spiro atoms. The van der Waals surface area contributed by atoms with Crippen LogP contribution in [0.15, 0.2) is 48.7 Å². The molecule has 1 aromatic heterocycles. The Labute approximate surface area is 119 Å². The van der Waals surface area contributed by atoms with Crippen LogP contribution >= 0.6 is 0 Å². The van der Waals surface area contributed by atoms with Crippen LogP contribution < -0.4 is 10.6 Å². The Morgan fingerprint density at radius 3 is 2.55 bits per heavy atom. The van der Waals surface area contributed by atoms with Crippen LogP contribution in [0.25, 0.3) is 0 Å². The third-order valence-electron chi connectivity index (χ3n) is 3.19. The molecule has 1 aromatic carbocycles. The van der Waals surface area contributed by atoms with Gasteiger partial charge in [-0.05, 0) is 36.8 Å². The van der Waals surface area contributed by atoms with E-state index in [4.69, 9.17) is 0 Å². The molecular formula is C16H19N3O. The van der Waals surface area contributed by atoms with Gasteiger partial charge in [-0.1, -0.05) is 18.2 Å². The van der Waals surface area contributed by atoms with Crippen molar-refractivity contribution in [1.82, 2.24) is 15.6 Å². The molecule has 0 unspecified atom stereocenters. The lowest BCUT2D eigenvalue weighted by atomic mass is 10.1. The molecule has 0 fully saturated rings. The number of rotatable bonds is 5. The van der Waals surface area contributed by atoms with Crippen molar-refractivity contribution in [2.24, 2.45) is 0 Å². The lowest BCUT2D eigenvalue weighted by molar-refractivity contribution is 0.0963. The summed E-state index contributed by atoms with van der Waals surface area (Å²) in [5, 5.41) is 6.02. The highest BCUT2D eigenvalue weighted by Crippen LogP contribution is 2.10. The molecule has 2 N–H and O–H groups in total. The molecule has 2 aromatic rings. The van der Waals surface area contributed by atoms with E-state index in [2.05, 4.69) is 22.5 Å². The van der Waals surface area contributed by atoms with Gasteiger partial charge in [0.15, 0.2) is 0 Å². The van der Waals surface area contributed by atoms with E-state index < -0.39 is 0 Å². The second-order valence-electron chi connectivity index (χ2n) is 4.63. The molecule has 0 saturated heterocycles. The number of benzene rings is 1. The molecule has 4 nitrogen and oxygen atoms in total. The third-order valence-corrected chi connectivity index (χ3v) is 3.19. The number of hydrogen-bond acceptors (Lipinski definition) is 3. The van der Waals surface area contributed by atoms with Gasteiger partial charge in [-0.3, -0.25) is 9.78 Å². The average Bonchev–Trinajstić information content (AvgIpc) is 2.53. The number of aromatic nitrogens is 1. The zero-order chi connectivity index (χ0) is 14.4. The van der Waals surface area contributed by atoms with E-state index in [0.717, 1.165) is 17.8 Å². The molecule has 1 heterocycles. The van der Waals surface area contributed by atoms with Crippen LogP contribution in [-0.4, -0.2) is 17.9 Å². The Morgan fingerprint density at radius 2 is 1.95 bits per heavy atom. The molecule has 0 radical (unpaired) electrons. The minimum absolute atomic E-state index is 0.0636. The van der Waals surface area contributed by atoms with Crippen molar-refractivity contribution in [2.75, 3.05) is 7.05 Å². The van der Waals surface area contributed by atoms with E-state index in [9.17, 15) is 4.79 Å². The molecule has 20 heavy (non-hydrogen) atoms. The highest BCUT2D eigenvalue weighted by Gasteiger charge is 2.06. The summed E-state index contributed by atoms with van der Waals surface area (Å²) in [6.45, 7) is 2.83. The molecule has 0 aliphatic heterocycles. The lowest BCUT2D eigenvalue weighted by Gasteiger charge is -2.13. The summed E-state index contributed by atoms with van der Waals surface area (Å²) in [5.74, 6) is -0.0636. The van der Waals surface area contributed by atoms with Gasteiger partial charge in [0.1, 0.15) is 0 Å². The zero-order valence-corrected chi connectivity index (χ0v) is 11.8. The van der Waals surface area contributed by atoms with E-state index in [0.29, 0.717) is 5.56 Å². The first-order valence-electron chi connectivity index (χ1n) is 6.66. The predicted molar refractivity (Wildman–Crippen MR) is 79.3 cm³/mol. The van der Waals surface area contributed by atoms with Gasteiger partial charge in [-0.25, -0.2) is 0 Å². The molecule has 104 valence electrons. The smallest absolute Gasteiger partial charge is 0.251 e. The largest absolute Gasteiger partial charge is 0.355 e. The summed E-state index contributed by atoms with van der Waals surface area (Å²) in [6, 6.07) is 13.7. The number of nitrogens with one attached hydrogen (secondary N) is 2. The van der Waals surface area contributed by atoms with Gasteiger partial charge in [-0.15, -0.1) is 0 Å². The molecular weight excluding hydrogens is 250 g/mol. The SMILES string of the molecule is CNC(=O)c1ccc(CN[C@H](C)c2ccccn2)cc1. The molecule has 0 aliphatic rings. The number of hydrogen-bond donors (Lipinski definition) is 2. The normalized spacial score (nSPS) is 11.9. The fourth-order valence-corrected chi connectivity index (χ4v) is 1.93. The van der Waals surface area contributed by atoms with Crippen molar-refractivity contribution in [3.63, 3.8) is 0 Å². The Hall–Kier alpha value is -2.20. The monoisotopic (exact) mass is 269 g/mol. The van der Waals surface area contributed by atoms with Crippen LogP contribution in [0.1, 0.15) is 34.6 Å². The number of carbonyl (C=O) groups is 1. The summed E-state index contributed by atoms with van der Waals surface area (Å²) in [7, 11) is 1.63. The molecule has 1 atom stereocenters. The van der Waals surface area contributed by atoms with Crippen LogP contribution in [0, 0.1) is 0 Å². The Kier molecular flexibility index (Phi) is 4.85.